The van der Waals surface area contributed by atoms with Gasteiger partial charge in [-0.15, -0.1) is 0 Å². The number of carbonyl (C=O) groups is 2. The van der Waals surface area contributed by atoms with Crippen LogP contribution in [0.25, 0.3) is 0 Å². The molecule has 3 aromatic rings. The first-order chi connectivity index (χ1) is 18.3. The zero-order chi connectivity index (χ0) is 27.5. The fraction of sp³-hybridized carbons (Fsp3) is 0.400. The van der Waals surface area contributed by atoms with Gasteiger partial charge in [-0.25, -0.2) is 0 Å². The second kappa shape index (κ2) is 14.4. The Morgan fingerprint density at radius 3 is 2.26 bits per heavy atom. The number of benzene rings is 2. The van der Waals surface area contributed by atoms with Gasteiger partial charge in [0.2, 0.25) is 5.91 Å². The molecule has 1 aromatic heterocycles. The highest BCUT2D eigenvalue weighted by Gasteiger charge is 2.31. The van der Waals surface area contributed by atoms with Gasteiger partial charge in [0.25, 0.3) is 5.91 Å². The number of nitrogens with two attached hydrogens (primary N) is 1. The molecule has 8 heteroatoms. The maximum atomic E-state index is 13.8. The molecule has 0 saturated heterocycles. The van der Waals surface area contributed by atoms with Crippen LogP contribution in [0, 0.1) is 6.92 Å². The van der Waals surface area contributed by atoms with Crippen LogP contribution in [0.5, 0.6) is 0 Å². The number of rotatable bonds is 14. The van der Waals surface area contributed by atoms with E-state index in [0.29, 0.717) is 37.2 Å². The zero-order valence-corrected chi connectivity index (χ0v) is 22.6. The molecule has 0 unspecified atom stereocenters. The third-order valence-electron chi connectivity index (χ3n) is 6.50. The lowest BCUT2D eigenvalue weighted by atomic mass is 9.81. The second-order valence-electron chi connectivity index (χ2n) is 9.57. The van der Waals surface area contributed by atoms with Crippen LogP contribution < -0.4 is 11.1 Å². The van der Waals surface area contributed by atoms with Gasteiger partial charge in [-0.2, -0.15) is 0 Å². The van der Waals surface area contributed by atoms with E-state index in [4.69, 9.17) is 5.73 Å². The van der Waals surface area contributed by atoms with Crippen molar-refractivity contribution in [2.24, 2.45) is 5.73 Å². The normalized spacial score (nSPS) is 12.6. The van der Waals surface area contributed by atoms with Gasteiger partial charge in [-0.05, 0) is 49.4 Å². The minimum Gasteiger partial charge on any atom is -0.391 e. The molecule has 3 rings (SSSR count). The van der Waals surface area contributed by atoms with Crippen molar-refractivity contribution in [3.63, 3.8) is 0 Å². The SMILES string of the molecule is CCCN(CCC)C(=O)c1cccc(C(N)=O)c1[C@H](Cc1ccccc1)[C@@H](O)CNCc1cnc(C)cn1. The summed E-state index contributed by atoms with van der Waals surface area (Å²) in [4.78, 5) is 36.8. The fourth-order valence-electron chi connectivity index (χ4n) is 4.69. The van der Waals surface area contributed by atoms with Crippen LogP contribution in [0.4, 0.5) is 0 Å². The van der Waals surface area contributed by atoms with Crippen LogP contribution in [0.1, 0.15) is 75.8 Å². The maximum Gasteiger partial charge on any atom is 0.254 e. The highest BCUT2D eigenvalue weighted by Crippen LogP contribution is 2.32. The van der Waals surface area contributed by atoms with Crippen molar-refractivity contribution in [3.8, 4) is 0 Å². The van der Waals surface area contributed by atoms with Gasteiger partial charge >= 0.3 is 0 Å². The lowest BCUT2D eigenvalue weighted by Gasteiger charge is -2.29. The molecule has 2 aromatic carbocycles. The molecule has 0 saturated carbocycles. The number of hydrogen-bond acceptors (Lipinski definition) is 6. The summed E-state index contributed by atoms with van der Waals surface area (Å²) in [5, 5.41) is 14.8. The van der Waals surface area contributed by atoms with Crippen molar-refractivity contribution in [1.29, 1.82) is 0 Å². The average molecular weight is 518 g/mol. The summed E-state index contributed by atoms with van der Waals surface area (Å²) in [6.45, 7) is 7.80. The van der Waals surface area contributed by atoms with E-state index < -0.39 is 17.9 Å². The molecule has 2 atom stereocenters. The van der Waals surface area contributed by atoms with Gasteiger partial charge in [0.15, 0.2) is 0 Å². The van der Waals surface area contributed by atoms with Gasteiger partial charge in [0, 0.05) is 55.6 Å². The molecule has 202 valence electrons. The molecular weight excluding hydrogens is 478 g/mol. The van der Waals surface area contributed by atoms with Gasteiger partial charge in [0.05, 0.1) is 17.5 Å². The summed E-state index contributed by atoms with van der Waals surface area (Å²) in [5.74, 6) is -1.33. The highest BCUT2D eigenvalue weighted by atomic mass is 16.3. The van der Waals surface area contributed by atoms with Crippen molar-refractivity contribution >= 4 is 11.8 Å². The Hall–Kier alpha value is -3.62. The third-order valence-corrected chi connectivity index (χ3v) is 6.50. The fourth-order valence-corrected chi connectivity index (χ4v) is 4.69. The number of aromatic nitrogens is 2. The van der Waals surface area contributed by atoms with Crippen LogP contribution in [0.3, 0.4) is 0 Å². The predicted octanol–water partition coefficient (Wildman–Crippen LogP) is 3.62. The summed E-state index contributed by atoms with van der Waals surface area (Å²) in [6.07, 6.45) is 4.56. The molecule has 2 amide bonds. The van der Waals surface area contributed by atoms with Crippen molar-refractivity contribution in [1.82, 2.24) is 20.2 Å². The van der Waals surface area contributed by atoms with Gasteiger partial charge < -0.3 is 21.1 Å². The van der Waals surface area contributed by atoms with Gasteiger partial charge in [-0.1, -0.05) is 50.2 Å². The predicted molar refractivity (Wildman–Crippen MR) is 149 cm³/mol. The lowest BCUT2D eigenvalue weighted by molar-refractivity contribution is 0.0751. The standard InChI is InChI=1S/C30H39N5O3/c1-4-14-35(15-5-2)30(38)25-13-9-12-24(29(31)37)28(25)26(16-22-10-7-6-8-11-22)27(36)20-32-18-23-19-33-21(3)17-34-23/h6-13,17,19,26-27,32,36H,4-5,14-16,18,20H2,1-3H3,(H2,31,37)/t26-,27+/m1/s1. The second-order valence-corrected chi connectivity index (χ2v) is 9.57. The first-order valence-corrected chi connectivity index (χ1v) is 13.3. The third kappa shape index (κ3) is 7.69. The van der Waals surface area contributed by atoms with E-state index in [1.807, 2.05) is 56.0 Å². The maximum absolute atomic E-state index is 13.8. The van der Waals surface area contributed by atoms with E-state index in [0.717, 1.165) is 29.8 Å². The Kier molecular flexibility index (Phi) is 10.9. The molecule has 0 bridgehead atoms. The van der Waals surface area contributed by atoms with Crippen LogP contribution in [0.2, 0.25) is 0 Å². The number of amides is 2. The lowest BCUT2D eigenvalue weighted by Crippen LogP contribution is -2.37. The van der Waals surface area contributed by atoms with Crippen molar-refractivity contribution < 1.29 is 14.7 Å². The molecule has 8 nitrogen and oxygen atoms in total. The summed E-state index contributed by atoms with van der Waals surface area (Å²) >= 11 is 0. The van der Waals surface area contributed by atoms with E-state index in [9.17, 15) is 14.7 Å². The Morgan fingerprint density at radius 1 is 0.974 bits per heavy atom. The van der Waals surface area contributed by atoms with Crippen LogP contribution >= 0.6 is 0 Å². The molecule has 0 spiro atoms. The first-order valence-electron chi connectivity index (χ1n) is 13.3. The Morgan fingerprint density at radius 2 is 1.66 bits per heavy atom. The number of aliphatic hydroxyl groups is 1. The number of nitrogens with zero attached hydrogens (tertiary/aromatic N) is 3. The topological polar surface area (TPSA) is 121 Å². The Labute approximate surface area is 225 Å². The van der Waals surface area contributed by atoms with Crippen molar-refractivity contribution in [2.45, 2.75) is 58.6 Å². The van der Waals surface area contributed by atoms with E-state index >= 15 is 0 Å². The number of hydrogen-bond donors (Lipinski definition) is 3. The monoisotopic (exact) mass is 517 g/mol. The minimum atomic E-state index is -0.911. The van der Waals surface area contributed by atoms with Crippen LogP contribution in [-0.4, -0.2) is 57.5 Å². The Balaban J connectivity index is 2.00. The summed E-state index contributed by atoms with van der Waals surface area (Å²) < 4.78 is 0. The molecule has 0 fully saturated rings. The quantitative estimate of drug-likeness (QED) is 0.300. The first kappa shape index (κ1) is 28.9. The molecule has 0 aliphatic carbocycles. The zero-order valence-electron chi connectivity index (χ0n) is 22.6. The summed E-state index contributed by atoms with van der Waals surface area (Å²) in [6, 6.07) is 14.8. The number of carbonyl (C=O) groups excluding carboxylic acids is 2. The number of aliphatic hydroxyl groups excluding tert-OH is 1. The molecule has 1 heterocycles. The van der Waals surface area contributed by atoms with E-state index in [2.05, 4.69) is 15.3 Å². The van der Waals surface area contributed by atoms with Crippen molar-refractivity contribution in [2.75, 3.05) is 19.6 Å². The smallest absolute Gasteiger partial charge is 0.254 e. The molecular formula is C30H39N5O3. The van der Waals surface area contributed by atoms with E-state index in [1.54, 1.807) is 30.6 Å². The average Bonchev–Trinajstić information content (AvgIpc) is 2.92. The molecule has 38 heavy (non-hydrogen) atoms. The summed E-state index contributed by atoms with van der Waals surface area (Å²) in [5.41, 5.74) is 9.55. The Bertz CT molecular complexity index is 1180. The van der Waals surface area contributed by atoms with Crippen LogP contribution in [0.15, 0.2) is 60.9 Å². The molecule has 0 aliphatic heterocycles. The van der Waals surface area contributed by atoms with Crippen molar-refractivity contribution in [3.05, 3.63) is 94.6 Å². The number of primary amides is 1. The van der Waals surface area contributed by atoms with E-state index in [1.165, 1.54) is 0 Å². The molecule has 4 N–H and O–H groups in total. The van der Waals surface area contributed by atoms with Crippen LogP contribution in [-0.2, 0) is 13.0 Å². The number of nitrogens with one attached hydrogen (secondary N) is 1. The summed E-state index contributed by atoms with van der Waals surface area (Å²) in [7, 11) is 0. The van der Waals surface area contributed by atoms with Gasteiger partial charge in [-0.3, -0.25) is 19.6 Å². The van der Waals surface area contributed by atoms with E-state index in [-0.39, 0.29) is 18.0 Å². The van der Waals surface area contributed by atoms with Gasteiger partial charge in [0.1, 0.15) is 0 Å². The largest absolute Gasteiger partial charge is 0.391 e. The highest BCUT2D eigenvalue weighted by molar-refractivity contribution is 6.02. The molecule has 0 radical (unpaired) electrons. The molecule has 0 aliphatic rings. The number of aryl methyl sites for hydroxylation is 1. The minimum absolute atomic E-state index is 0.153.